The van der Waals surface area contributed by atoms with Crippen LogP contribution in [-0.2, 0) is 28.4 Å². The maximum atomic E-state index is 12.4. The Hall–Kier alpha value is -2.07. The van der Waals surface area contributed by atoms with Gasteiger partial charge in [0.05, 0.1) is 24.2 Å². The molecule has 1 aromatic carbocycles. The minimum absolute atomic E-state index is 0.00859. The zero-order valence-corrected chi connectivity index (χ0v) is 20.2. The number of carbonyl (C=O) groups excluding carboxylic acids is 1. The summed E-state index contributed by atoms with van der Waals surface area (Å²) < 4.78 is 27.8. The SMILES string of the molecule is Cc1ccc(N(Cc2nnc(SCC(=O)N[C@@H]3CCCC[C@H]3C)n2C)S(C)(=O)=O)cc1. The Bertz CT molecular complexity index is 1000. The Morgan fingerprint density at radius 2 is 1.90 bits per heavy atom. The van der Waals surface area contributed by atoms with Crippen LogP contribution in [0.1, 0.15) is 44.0 Å². The number of nitrogens with zero attached hydrogens (tertiary/aromatic N) is 4. The number of aromatic nitrogens is 3. The lowest BCUT2D eigenvalue weighted by atomic mass is 9.86. The van der Waals surface area contributed by atoms with Gasteiger partial charge >= 0.3 is 0 Å². The number of sulfonamides is 1. The number of hydrogen-bond donors (Lipinski definition) is 1. The minimum atomic E-state index is -3.50. The van der Waals surface area contributed by atoms with E-state index in [1.807, 2.05) is 19.1 Å². The molecule has 1 saturated carbocycles. The first-order valence-electron chi connectivity index (χ1n) is 10.5. The molecule has 3 rings (SSSR count). The van der Waals surface area contributed by atoms with Crippen molar-refractivity contribution in [1.82, 2.24) is 20.1 Å². The molecule has 1 aliphatic carbocycles. The predicted molar refractivity (Wildman–Crippen MR) is 123 cm³/mol. The Kier molecular flexibility index (Phi) is 7.64. The summed E-state index contributed by atoms with van der Waals surface area (Å²) in [4.78, 5) is 12.4. The highest BCUT2D eigenvalue weighted by Gasteiger charge is 2.24. The van der Waals surface area contributed by atoms with Gasteiger partial charge in [-0.1, -0.05) is 49.2 Å². The summed E-state index contributed by atoms with van der Waals surface area (Å²) in [6, 6.07) is 7.54. The Morgan fingerprint density at radius 1 is 1.23 bits per heavy atom. The van der Waals surface area contributed by atoms with Crippen LogP contribution in [0.3, 0.4) is 0 Å². The first-order chi connectivity index (χ1) is 14.6. The maximum Gasteiger partial charge on any atom is 0.232 e. The van der Waals surface area contributed by atoms with Gasteiger partial charge in [0.2, 0.25) is 15.9 Å². The average molecular weight is 466 g/mol. The Balaban J connectivity index is 1.64. The standard InChI is InChI=1S/C21H31N5O3S2/c1-15-9-11-17(12-10-15)26(31(4,28)29)13-19-23-24-21(25(19)3)30-14-20(27)22-18-8-6-5-7-16(18)2/h9-12,16,18H,5-8,13-14H2,1-4H3,(H,22,27)/t16-,18-/m1/s1. The van der Waals surface area contributed by atoms with E-state index in [4.69, 9.17) is 0 Å². The Labute approximate surface area is 188 Å². The van der Waals surface area contributed by atoms with E-state index in [1.165, 1.54) is 28.7 Å². The molecule has 1 aromatic heterocycles. The summed E-state index contributed by atoms with van der Waals surface area (Å²) in [5, 5.41) is 12.1. The van der Waals surface area contributed by atoms with Crippen molar-refractivity contribution in [1.29, 1.82) is 0 Å². The molecule has 0 saturated heterocycles. The molecule has 2 atom stereocenters. The molecule has 0 bridgehead atoms. The molecule has 8 nitrogen and oxygen atoms in total. The third kappa shape index (κ3) is 6.22. The van der Waals surface area contributed by atoms with Crippen LogP contribution in [-0.4, -0.2) is 47.1 Å². The van der Waals surface area contributed by atoms with Crippen molar-refractivity contribution in [3.05, 3.63) is 35.7 Å². The van der Waals surface area contributed by atoms with Gasteiger partial charge in [-0.2, -0.15) is 0 Å². The first kappa shape index (κ1) is 23.6. The van der Waals surface area contributed by atoms with E-state index in [2.05, 4.69) is 22.4 Å². The highest BCUT2D eigenvalue weighted by molar-refractivity contribution is 7.99. The fraction of sp³-hybridized carbons (Fsp3) is 0.571. The van der Waals surface area contributed by atoms with Gasteiger partial charge in [-0.3, -0.25) is 9.10 Å². The predicted octanol–water partition coefficient (Wildman–Crippen LogP) is 2.88. The molecule has 1 fully saturated rings. The van der Waals surface area contributed by atoms with Gasteiger partial charge in [0.15, 0.2) is 11.0 Å². The second-order valence-electron chi connectivity index (χ2n) is 8.29. The van der Waals surface area contributed by atoms with Gasteiger partial charge < -0.3 is 9.88 Å². The van der Waals surface area contributed by atoms with Crippen LogP contribution in [0.2, 0.25) is 0 Å². The summed E-state index contributed by atoms with van der Waals surface area (Å²) in [7, 11) is -1.72. The van der Waals surface area contributed by atoms with Crippen LogP contribution in [0.4, 0.5) is 5.69 Å². The van der Waals surface area contributed by atoms with Gasteiger partial charge in [0.1, 0.15) is 0 Å². The molecular weight excluding hydrogens is 434 g/mol. The van der Waals surface area contributed by atoms with E-state index in [0.29, 0.717) is 22.6 Å². The number of nitrogens with one attached hydrogen (secondary N) is 1. The molecule has 1 heterocycles. The Morgan fingerprint density at radius 3 is 2.55 bits per heavy atom. The number of benzene rings is 1. The van der Waals surface area contributed by atoms with E-state index >= 15 is 0 Å². The lowest BCUT2D eigenvalue weighted by Gasteiger charge is -2.29. The zero-order chi connectivity index (χ0) is 22.6. The van der Waals surface area contributed by atoms with Crippen molar-refractivity contribution in [2.75, 3.05) is 16.3 Å². The van der Waals surface area contributed by atoms with Gasteiger partial charge in [-0.15, -0.1) is 10.2 Å². The van der Waals surface area contributed by atoms with Crippen LogP contribution in [0, 0.1) is 12.8 Å². The fourth-order valence-electron chi connectivity index (χ4n) is 3.76. The third-order valence-corrected chi connectivity index (χ3v) is 7.88. The molecule has 0 unspecified atom stereocenters. The molecule has 170 valence electrons. The molecule has 1 aliphatic rings. The number of anilines is 1. The van der Waals surface area contributed by atoms with E-state index < -0.39 is 10.0 Å². The van der Waals surface area contributed by atoms with E-state index in [1.54, 1.807) is 23.7 Å². The first-order valence-corrected chi connectivity index (χ1v) is 13.3. The summed E-state index contributed by atoms with van der Waals surface area (Å²) in [6.07, 6.45) is 5.76. The summed E-state index contributed by atoms with van der Waals surface area (Å²) in [5.41, 5.74) is 1.63. The van der Waals surface area contributed by atoms with Crippen molar-refractivity contribution in [2.24, 2.45) is 13.0 Å². The largest absolute Gasteiger partial charge is 0.352 e. The molecule has 0 radical (unpaired) electrons. The fourth-order valence-corrected chi connectivity index (χ4v) is 5.35. The van der Waals surface area contributed by atoms with Crippen molar-refractivity contribution in [2.45, 2.75) is 57.3 Å². The third-order valence-electron chi connectivity index (χ3n) is 5.72. The number of rotatable bonds is 8. The van der Waals surface area contributed by atoms with Gasteiger partial charge in [0, 0.05) is 13.1 Å². The van der Waals surface area contributed by atoms with E-state index in [0.717, 1.165) is 24.8 Å². The molecule has 1 N–H and O–H groups in total. The lowest BCUT2D eigenvalue weighted by molar-refractivity contribution is -0.119. The average Bonchev–Trinajstić information content (AvgIpc) is 3.06. The molecule has 0 spiro atoms. The van der Waals surface area contributed by atoms with E-state index in [9.17, 15) is 13.2 Å². The van der Waals surface area contributed by atoms with Crippen molar-refractivity contribution in [3.8, 4) is 0 Å². The second kappa shape index (κ2) is 10.0. The molecule has 31 heavy (non-hydrogen) atoms. The quantitative estimate of drug-likeness (QED) is 0.602. The number of carbonyl (C=O) groups is 1. The highest BCUT2D eigenvalue weighted by Crippen LogP contribution is 2.25. The second-order valence-corrected chi connectivity index (χ2v) is 11.1. The number of hydrogen-bond acceptors (Lipinski definition) is 6. The van der Waals surface area contributed by atoms with E-state index in [-0.39, 0.29) is 24.2 Å². The smallest absolute Gasteiger partial charge is 0.232 e. The van der Waals surface area contributed by atoms with Crippen molar-refractivity contribution >= 4 is 33.4 Å². The lowest BCUT2D eigenvalue weighted by Crippen LogP contribution is -2.41. The maximum absolute atomic E-state index is 12.4. The summed E-state index contributed by atoms with van der Waals surface area (Å²) >= 11 is 1.31. The van der Waals surface area contributed by atoms with Gasteiger partial charge in [-0.05, 0) is 37.8 Å². The summed E-state index contributed by atoms with van der Waals surface area (Å²) in [6.45, 7) is 4.21. The number of aryl methyl sites for hydroxylation is 1. The van der Waals surface area contributed by atoms with Gasteiger partial charge in [-0.25, -0.2) is 8.42 Å². The molecule has 1 amide bonds. The monoisotopic (exact) mass is 465 g/mol. The highest BCUT2D eigenvalue weighted by atomic mass is 32.2. The van der Waals surface area contributed by atoms with Crippen LogP contribution in [0.15, 0.2) is 29.4 Å². The van der Waals surface area contributed by atoms with Crippen LogP contribution >= 0.6 is 11.8 Å². The number of thioether (sulfide) groups is 1. The van der Waals surface area contributed by atoms with Crippen LogP contribution in [0.25, 0.3) is 0 Å². The summed E-state index contributed by atoms with van der Waals surface area (Å²) in [5.74, 6) is 1.26. The molecule has 0 aliphatic heterocycles. The van der Waals surface area contributed by atoms with Crippen molar-refractivity contribution in [3.63, 3.8) is 0 Å². The van der Waals surface area contributed by atoms with Crippen molar-refractivity contribution < 1.29 is 13.2 Å². The molecule has 10 heteroatoms. The topological polar surface area (TPSA) is 97.2 Å². The zero-order valence-electron chi connectivity index (χ0n) is 18.5. The van der Waals surface area contributed by atoms with Crippen LogP contribution in [0.5, 0.6) is 0 Å². The minimum Gasteiger partial charge on any atom is -0.352 e. The normalized spacial score (nSPS) is 19.2. The number of amides is 1. The van der Waals surface area contributed by atoms with Crippen LogP contribution < -0.4 is 9.62 Å². The van der Waals surface area contributed by atoms with Gasteiger partial charge in [0.25, 0.3) is 0 Å². The molecular formula is C21H31N5O3S2. The molecule has 2 aromatic rings.